The maximum atomic E-state index is 13.3. The number of halogens is 2. The van der Waals surface area contributed by atoms with Crippen LogP contribution in [0.5, 0.6) is 5.75 Å². The van der Waals surface area contributed by atoms with Crippen molar-refractivity contribution < 1.29 is 18.9 Å². The van der Waals surface area contributed by atoms with Crippen LogP contribution in [0.4, 0.5) is 5.69 Å². The number of carbonyl (C=O) groups excluding carboxylic acids is 1. The van der Waals surface area contributed by atoms with Gasteiger partial charge >= 0.3 is 0 Å². The molecule has 1 aromatic heterocycles. The van der Waals surface area contributed by atoms with Crippen molar-refractivity contribution in [3.05, 3.63) is 102 Å². The van der Waals surface area contributed by atoms with E-state index in [9.17, 15) is 19.7 Å². The Labute approximate surface area is 197 Å². The SMILES string of the molecule is Cc1cc2oc(-c3ccccc3Cl)c(OCC(=O)c3ccc([N+](=O)[O-])cc3)c(=O)c2cc1Cl. The zero-order chi connectivity index (χ0) is 23.7. The molecule has 0 radical (unpaired) electrons. The molecule has 33 heavy (non-hydrogen) atoms. The summed E-state index contributed by atoms with van der Waals surface area (Å²) in [6, 6.07) is 15.0. The lowest BCUT2D eigenvalue weighted by molar-refractivity contribution is -0.384. The molecule has 0 fully saturated rings. The third-order valence-electron chi connectivity index (χ3n) is 5.00. The number of hydrogen-bond donors (Lipinski definition) is 0. The van der Waals surface area contributed by atoms with Crippen molar-refractivity contribution in [2.75, 3.05) is 6.61 Å². The number of nitro groups is 1. The molecule has 3 aromatic carbocycles. The summed E-state index contributed by atoms with van der Waals surface area (Å²) in [4.78, 5) is 36.2. The molecule has 4 aromatic rings. The van der Waals surface area contributed by atoms with Crippen molar-refractivity contribution in [1.82, 2.24) is 0 Å². The highest BCUT2D eigenvalue weighted by molar-refractivity contribution is 6.33. The molecule has 0 aliphatic heterocycles. The molecule has 0 N–H and O–H groups in total. The number of ketones is 1. The second kappa shape index (κ2) is 9.05. The van der Waals surface area contributed by atoms with E-state index >= 15 is 0 Å². The van der Waals surface area contributed by atoms with E-state index in [1.54, 1.807) is 37.3 Å². The van der Waals surface area contributed by atoms with E-state index in [1.165, 1.54) is 30.3 Å². The third kappa shape index (κ3) is 4.46. The Morgan fingerprint density at radius 1 is 1.06 bits per heavy atom. The van der Waals surface area contributed by atoms with Gasteiger partial charge in [0.25, 0.3) is 5.69 Å². The van der Waals surface area contributed by atoms with E-state index in [2.05, 4.69) is 0 Å². The number of non-ortho nitro benzene ring substituents is 1. The number of fused-ring (bicyclic) bond motifs is 1. The highest BCUT2D eigenvalue weighted by Gasteiger charge is 2.21. The van der Waals surface area contributed by atoms with Crippen LogP contribution < -0.4 is 10.2 Å². The van der Waals surface area contributed by atoms with Crippen LogP contribution in [0.2, 0.25) is 10.0 Å². The van der Waals surface area contributed by atoms with Gasteiger partial charge in [0.1, 0.15) is 5.58 Å². The normalized spacial score (nSPS) is 10.9. The van der Waals surface area contributed by atoms with Crippen molar-refractivity contribution >= 4 is 45.6 Å². The summed E-state index contributed by atoms with van der Waals surface area (Å²) in [7, 11) is 0. The van der Waals surface area contributed by atoms with E-state index in [-0.39, 0.29) is 28.1 Å². The molecular weight excluding hydrogens is 469 g/mol. The Kier molecular flexibility index (Phi) is 6.18. The molecule has 0 bridgehead atoms. The fourth-order valence-corrected chi connectivity index (χ4v) is 3.63. The first-order valence-electron chi connectivity index (χ1n) is 9.68. The Morgan fingerprint density at radius 2 is 1.76 bits per heavy atom. The van der Waals surface area contributed by atoms with Gasteiger partial charge < -0.3 is 9.15 Å². The maximum absolute atomic E-state index is 13.3. The summed E-state index contributed by atoms with van der Waals surface area (Å²) < 4.78 is 11.7. The number of carbonyl (C=O) groups is 1. The third-order valence-corrected chi connectivity index (χ3v) is 5.73. The highest BCUT2D eigenvalue weighted by atomic mass is 35.5. The van der Waals surface area contributed by atoms with Crippen molar-refractivity contribution in [2.45, 2.75) is 6.92 Å². The van der Waals surface area contributed by atoms with Gasteiger partial charge in [0.2, 0.25) is 11.2 Å². The van der Waals surface area contributed by atoms with Crippen LogP contribution in [0, 0.1) is 17.0 Å². The Balaban J connectivity index is 1.77. The topological polar surface area (TPSA) is 99.7 Å². The Morgan fingerprint density at radius 3 is 2.42 bits per heavy atom. The largest absolute Gasteiger partial charge is 0.478 e. The van der Waals surface area contributed by atoms with Gasteiger partial charge in [-0.1, -0.05) is 35.3 Å². The molecule has 9 heteroatoms. The molecule has 0 atom stereocenters. The summed E-state index contributed by atoms with van der Waals surface area (Å²) >= 11 is 12.5. The molecule has 0 saturated heterocycles. The maximum Gasteiger partial charge on any atom is 0.269 e. The number of nitro benzene ring substituents is 1. The molecule has 166 valence electrons. The summed E-state index contributed by atoms with van der Waals surface area (Å²) in [6.45, 7) is 1.29. The van der Waals surface area contributed by atoms with Crippen LogP contribution in [-0.4, -0.2) is 17.3 Å². The summed E-state index contributed by atoms with van der Waals surface area (Å²) in [6.07, 6.45) is 0. The second-order valence-corrected chi connectivity index (χ2v) is 8.00. The lowest BCUT2D eigenvalue weighted by Crippen LogP contribution is -2.17. The van der Waals surface area contributed by atoms with Crippen LogP contribution in [0.1, 0.15) is 15.9 Å². The van der Waals surface area contributed by atoms with Crippen molar-refractivity contribution in [3.8, 4) is 17.1 Å². The molecule has 0 spiro atoms. The number of hydrogen-bond acceptors (Lipinski definition) is 6. The zero-order valence-electron chi connectivity index (χ0n) is 17.1. The van der Waals surface area contributed by atoms with Gasteiger partial charge in [-0.25, -0.2) is 0 Å². The minimum Gasteiger partial charge on any atom is -0.478 e. The van der Waals surface area contributed by atoms with E-state index in [4.69, 9.17) is 32.4 Å². The summed E-state index contributed by atoms with van der Waals surface area (Å²) in [5.74, 6) is -0.585. The Hall–Kier alpha value is -3.68. The first kappa shape index (κ1) is 22.5. The molecular formula is C24H15Cl2NO6. The van der Waals surface area contributed by atoms with Crippen LogP contribution in [0.25, 0.3) is 22.3 Å². The molecule has 7 nitrogen and oxygen atoms in total. The number of nitrogens with zero attached hydrogens (tertiary/aromatic N) is 1. The second-order valence-electron chi connectivity index (χ2n) is 7.18. The van der Waals surface area contributed by atoms with Crippen molar-refractivity contribution in [2.24, 2.45) is 0 Å². The fraction of sp³-hybridized carbons (Fsp3) is 0.0833. The van der Waals surface area contributed by atoms with Crippen LogP contribution >= 0.6 is 23.2 Å². The average Bonchev–Trinajstić information content (AvgIpc) is 2.80. The zero-order valence-corrected chi connectivity index (χ0v) is 18.6. The molecule has 4 rings (SSSR count). The summed E-state index contributed by atoms with van der Waals surface area (Å²) in [5, 5.41) is 11.7. The van der Waals surface area contributed by atoms with E-state index < -0.39 is 22.7 Å². The molecule has 0 amide bonds. The number of rotatable bonds is 6. The predicted octanol–water partition coefficient (Wildman–Crippen LogP) is 6.25. The molecule has 1 heterocycles. The quantitative estimate of drug-likeness (QED) is 0.182. The number of Topliss-reactive ketones (excluding diaryl/α,β-unsaturated/α-hetero) is 1. The van der Waals surface area contributed by atoms with Gasteiger partial charge in [0.05, 0.1) is 15.3 Å². The van der Waals surface area contributed by atoms with Crippen LogP contribution in [0.15, 0.2) is 69.9 Å². The van der Waals surface area contributed by atoms with Crippen LogP contribution in [-0.2, 0) is 0 Å². The first-order valence-corrected chi connectivity index (χ1v) is 10.4. The molecule has 0 aliphatic carbocycles. The van der Waals surface area contributed by atoms with Gasteiger partial charge in [-0.2, -0.15) is 0 Å². The minimum absolute atomic E-state index is 0.0799. The Bertz CT molecular complexity index is 1460. The highest BCUT2D eigenvalue weighted by Crippen LogP contribution is 2.36. The lowest BCUT2D eigenvalue weighted by Gasteiger charge is -2.13. The van der Waals surface area contributed by atoms with Gasteiger partial charge in [-0.15, -0.1) is 0 Å². The lowest BCUT2D eigenvalue weighted by atomic mass is 10.1. The van der Waals surface area contributed by atoms with Gasteiger partial charge in [0, 0.05) is 28.3 Å². The average molecular weight is 484 g/mol. The van der Waals surface area contributed by atoms with Crippen LogP contribution in [0.3, 0.4) is 0 Å². The monoisotopic (exact) mass is 483 g/mol. The van der Waals surface area contributed by atoms with Gasteiger partial charge in [-0.05, 0) is 48.9 Å². The first-order chi connectivity index (χ1) is 15.8. The summed E-state index contributed by atoms with van der Waals surface area (Å²) in [5.41, 5.74) is 0.984. The van der Waals surface area contributed by atoms with E-state index in [0.717, 1.165) is 5.56 Å². The predicted molar refractivity (Wildman–Crippen MR) is 126 cm³/mol. The van der Waals surface area contributed by atoms with E-state index in [0.29, 0.717) is 21.2 Å². The van der Waals surface area contributed by atoms with Gasteiger partial charge in [-0.3, -0.25) is 19.7 Å². The molecule has 0 saturated carbocycles. The molecule has 0 unspecified atom stereocenters. The number of aryl methyl sites for hydroxylation is 1. The minimum atomic E-state index is -0.562. The van der Waals surface area contributed by atoms with Crippen molar-refractivity contribution in [3.63, 3.8) is 0 Å². The fourth-order valence-electron chi connectivity index (χ4n) is 3.24. The standard InChI is InChI=1S/C24H15Cl2NO6/c1-13-10-21-17(11-19(13)26)22(29)24(23(33-21)16-4-2-3-5-18(16)25)32-12-20(28)14-6-8-15(9-7-14)27(30)31/h2-11H,12H2,1H3. The van der Waals surface area contributed by atoms with E-state index in [1.807, 2.05) is 0 Å². The van der Waals surface area contributed by atoms with Gasteiger partial charge in [0.15, 0.2) is 18.2 Å². The van der Waals surface area contributed by atoms with Crippen molar-refractivity contribution in [1.29, 1.82) is 0 Å². The number of benzene rings is 3. The smallest absolute Gasteiger partial charge is 0.269 e. The molecule has 0 aliphatic rings. The number of ether oxygens (including phenoxy) is 1.